The highest BCUT2D eigenvalue weighted by atomic mass is 32.2. The molecule has 0 fully saturated rings. The molecule has 0 aliphatic heterocycles. The number of aromatic nitrogens is 1. The Morgan fingerprint density at radius 2 is 1.67 bits per heavy atom. The first-order valence-corrected chi connectivity index (χ1v) is 12.6. The third kappa shape index (κ3) is 4.21. The maximum Gasteiger partial charge on any atom is 0.416 e. The molecule has 1 aliphatic rings. The molecular weight excluding hydrogens is 534 g/mol. The molecule has 5 aromatic rings. The van der Waals surface area contributed by atoms with Crippen LogP contribution in [0, 0.1) is 5.82 Å². The van der Waals surface area contributed by atoms with Gasteiger partial charge in [-0.05, 0) is 60.9 Å². The molecule has 0 amide bonds. The number of halogens is 4. The molecule has 0 spiro atoms. The summed E-state index contributed by atoms with van der Waals surface area (Å²) in [5.41, 5.74) is 0.268. The van der Waals surface area contributed by atoms with Gasteiger partial charge in [0.2, 0.25) is 0 Å². The van der Waals surface area contributed by atoms with E-state index < -0.39 is 39.4 Å². The summed E-state index contributed by atoms with van der Waals surface area (Å²) in [5.74, 6) is -1.19. The summed E-state index contributed by atoms with van der Waals surface area (Å²) in [5, 5.41) is 11.0. The monoisotopic (exact) mass is 551 g/mol. The highest BCUT2D eigenvalue weighted by Gasteiger charge is 2.32. The average molecular weight is 552 g/mol. The Bertz CT molecular complexity index is 1890. The third-order valence-corrected chi connectivity index (χ3v) is 7.70. The van der Waals surface area contributed by atoms with E-state index in [1.54, 1.807) is 6.07 Å². The summed E-state index contributed by atoms with van der Waals surface area (Å²) in [6.45, 7) is 0. The van der Waals surface area contributed by atoms with Gasteiger partial charge in [0.1, 0.15) is 16.1 Å². The van der Waals surface area contributed by atoms with Gasteiger partial charge in [-0.25, -0.2) is 9.18 Å². The number of hydrogen-bond donors (Lipinski definition) is 1. The quantitative estimate of drug-likeness (QED) is 0.252. The first-order valence-electron chi connectivity index (χ1n) is 11.8. The standard InChI is InChI=1S/C29H17F4NO4S/c30-17-9-11-18(12-10-17)34-23-20-7-2-1-4-15(20)8-13-21(23)25-22(27(34)36)24(35)26(28(37)38-25)39-19-6-3-5-16(14-19)29(31,32)33/h1-7,9-12,14,35H,8,13H2. The zero-order valence-electron chi connectivity index (χ0n) is 19.9. The van der Waals surface area contributed by atoms with Gasteiger partial charge < -0.3 is 9.52 Å². The lowest BCUT2D eigenvalue weighted by atomic mass is 9.87. The number of rotatable bonds is 3. The molecule has 0 unspecified atom stereocenters. The molecule has 0 saturated carbocycles. The normalized spacial score (nSPS) is 12.8. The third-order valence-electron chi connectivity index (χ3n) is 6.64. The molecule has 0 atom stereocenters. The first kappa shape index (κ1) is 25.0. The Kier molecular flexibility index (Phi) is 5.87. The minimum absolute atomic E-state index is 0.0255. The van der Waals surface area contributed by atoms with Crippen molar-refractivity contribution in [1.82, 2.24) is 4.57 Å². The van der Waals surface area contributed by atoms with Crippen molar-refractivity contribution in [2.75, 3.05) is 0 Å². The van der Waals surface area contributed by atoms with Gasteiger partial charge in [-0.15, -0.1) is 0 Å². The molecule has 5 nitrogen and oxygen atoms in total. The second kappa shape index (κ2) is 9.16. The maximum atomic E-state index is 14.0. The smallest absolute Gasteiger partial charge is 0.416 e. The van der Waals surface area contributed by atoms with Crippen molar-refractivity contribution < 1.29 is 27.1 Å². The molecular formula is C29H17F4NO4S. The highest BCUT2D eigenvalue weighted by Crippen LogP contribution is 2.42. The topological polar surface area (TPSA) is 72.4 Å². The second-order valence-corrected chi connectivity index (χ2v) is 10.1. The van der Waals surface area contributed by atoms with E-state index in [-0.39, 0.29) is 15.9 Å². The Hall–Kier alpha value is -4.31. The van der Waals surface area contributed by atoms with Gasteiger partial charge in [-0.2, -0.15) is 13.2 Å². The number of alkyl halides is 3. The van der Waals surface area contributed by atoms with Crippen molar-refractivity contribution in [3.05, 3.63) is 116 Å². The van der Waals surface area contributed by atoms with Crippen LogP contribution in [0.25, 0.3) is 27.9 Å². The molecule has 0 saturated heterocycles. The van der Waals surface area contributed by atoms with Gasteiger partial charge in [-0.3, -0.25) is 9.36 Å². The maximum absolute atomic E-state index is 14.0. The fourth-order valence-corrected chi connectivity index (χ4v) is 5.79. The Labute approximate surface area is 222 Å². The van der Waals surface area contributed by atoms with Crippen molar-refractivity contribution in [2.45, 2.75) is 28.8 Å². The summed E-state index contributed by atoms with van der Waals surface area (Å²) in [6, 6.07) is 16.9. The van der Waals surface area contributed by atoms with E-state index in [0.29, 0.717) is 41.5 Å². The number of fused-ring (bicyclic) bond motifs is 5. The van der Waals surface area contributed by atoms with Crippen molar-refractivity contribution in [3.63, 3.8) is 0 Å². The molecule has 0 radical (unpaired) electrons. The molecule has 196 valence electrons. The first-order chi connectivity index (χ1) is 18.6. The summed E-state index contributed by atoms with van der Waals surface area (Å²) in [7, 11) is 0. The molecule has 6 rings (SSSR count). The van der Waals surface area contributed by atoms with Gasteiger partial charge >= 0.3 is 11.8 Å². The largest absolute Gasteiger partial charge is 0.505 e. The van der Waals surface area contributed by atoms with Crippen molar-refractivity contribution in [2.24, 2.45) is 0 Å². The Balaban J connectivity index is 1.64. The summed E-state index contributed by atoms with van der Waals surface area (Å²) in [6.07, 6.45) is -3.65. The lowest BCUT2D eigenvalue weighted by Gasteiger charge is -2.25. The Morgan fingerprint density at radius 1 is 0.923 bits per heavy atom. The zero-order chi connectivity index (χ0) is 27.5. The van der Waals surface area contributed by atoms with Gasteiger partial charge in [0.25, 0.3) is 5.56 Å². The number of aryl methyl sites for hydroxylation is 2. The van der Waals surface area contributed by atoms with Crippen LogP contribution in [0.2, 0.25) is 0 Å². The predicted octanol–water partition coefficient (Wildman–Crippen LogP) is 6.72. The number of benzene rings is 3. The molecule has 2 aromatic heterocycles. The van der Waals surface area contributed by atoms with E-state index in [1.165, 1.54) is 41.0 Å². The van der Waals surface area contributed by atoms with Crippen LogP contribution in [0.15, 0.2) is 96.6 Å². The lowest BCUT2D eigenvalue weighted by molar-refractivity contribution is -0.137. The van der Waals surface area contributed by atoms with Gasteiger partial charge in [0.15, 0.2) is 11.3 Å². The fourth-order valence-electron chi connectivity index (χ4n) is 4.90. The molecule has 2 heterocycles. The van der Waals surface area contributed by atoms with E-state index in [4.69, 9.17) is 4.42 Å². The van der Waals surface area contributed by atoms with Crippen LogP contribution in [0.1, 0.15) is 16.7 Å². The number of aromatic hydroxyl groups is 1. The Morgan fingerprint density at radius 3 is 2.41 bits per heavy atom. The van der Waals surface area contributed by atoms with E-state index in [0.717, 1.165) is 23.3 Å². The van der Waals surface area contributed by atoms with Gasteiger partial charge in [-0.1, -0.05) is 42.1 Å². The molecule has 39 heavy (non-hydrogen) atoms. The van der Waals surface area contributed by atoms with Crippen LogP contribution in [0.5, 0.6) is 5.75 Å². The van der Waals surface area contributed by atoms with Crippen molar-refractivity contribution >= 4 is 22.7 Å². The minimum Gasteiger partial charge on any atom is -0.505 e. The van der Waals surface area contributed by atoms with Crippen molar-refractivity contribution in [3.8, 4) is 22.7 Å². The molecule has 3 aromatic carbocycles. The number of pyridine rings is 1. The zero-order valence-corrected chi connectivity index (χ0v) is 20.7. The summed E-state index contributed by atoms with van der Waals surface area (Å²) < 4.78 is 60.4. The second-order valence-electron chi connectivity index (χ2n) is 9.00. The average Bonchev–Trinajstić information content (AvgIpc) is 2.91. The van der Waals surface area contributed by atoms with Crippen LogP contribution in [-0.4, -0.2) is 9.67 Å². The molecule has 1 aliphatic carbocycles. The van der Waals surface area contributed by atoms with Gasteiger partial charge in [0, 0.05) is 21.7 Å². The fraction of sp³-hybridized carbons (Fsp3) is 0.103. The van der Waals surface area contributed by atoms with Crippen molar-refractivity contribution in [1.29, 1.82) is 0 Å². The molecule has 0 bridgehead atoms. The minimum atomic E-state index is -4.61. The van der Waals surface area contributed by atoms with Crippen LogP contribution >= 0.6 is 11.8 Å². The van der Waals surface area contributed by atoms with Crippen LogP contribution in [0.3, 0.4) is 0 Å². The van der Waals surface area contributed by atoms with Crippen LogP contribution in [-0.2, 0) is 19.0 Å². The van der Waals surface area contributed by atoms with E-state index in [9.17, 15) is 32.3 Å². The predicted molar refractivity (Wildman–Crippen MR) is 138 cm³/mol. The lowest BCUT2D eigenvalue weighted by Crippen LogP contribution is -2.25. The van der Waals surface area contributed by atoms with Gasteiger partial charge in [0.05, 0.1) is 11.3 Å². The number of nitrogens with zero attached hydrogens (tertiary/aromatic N) is 1. The van der Waals surface area contributed by atoms with E-state index >= 15 is 0 Å². The summed E-state index contributed by atoms with van der Waals surface area (Å²) in [4.78, 5) is 26.7. The highest BCUT2D eigenvalue weighted by molar-refractivity contribution is 7.99. The van der Waals surface area contributed by atoms with E-state index in [1.807, 2.05) is 18.2 Å². The van der Waals surface area contributed by atoms with E-state index in [2.05, 4.69) is 0 Å². The summed E-state index contributed by atoms with van der Waals surface area (Å²) >= 11 is 0.570. The molecule has 1 N–H and O–H groups in total. The molecule has 10 heteroatoms. The van der Waals surface area contributed by atoms with Crippen LogP contribution in [0.4, 0.5) is 17.6 Å². The number of hydrogen-bond acceptors (Lipinski definition) is 5. The van der Waals surface area contributed by atoms with Crippen LogP contribution < -0.4 is 11.2 Å². The SMILES string of the molecule is O=c1oc2c3c(n(-c4ccc(F)cc4)c(=O)c2c(O)c1Sc1cccc(C(F)(F)F)c1)-c1ccccc1CC3.